The lowest BCUT2D eigenvalue weighted by molar-refractivity contribution is -0.385. The van der Waals surface area contributed by atoms with Crippen LogP contribution in [0.5, 0.6) is 5.75 Å². The number of benzene rings is 2. The summed E-state index contributed by atoms with van der Waals surface area (Å²) in [6.45, 7) is 5.32. The monoisotopic (exact) mass is 369 g/mol. The minimum atomic E-state index is -0.430. The van der Waals surface area contributed by atoms with Crippen LogP contribution in [0.15, 0.2) is 42.5 Å². The summed E-state index contributed by atoms with van der Waals surface area (Å²) in [6.07, 6.45) is 0. The molecule has 0 N–H and O–H groups in total. The molecular weight excluding hydrogens is 346 g/mol. The Morgan fingerprint density at radius 3 is 2.52 bits per heavy atom. The molecule has 3 rings (SSSR count). The van der Waals surface area contributed by atoms with Crippen molar-refractivity contribution in [2.75, 3.05) is 33.3 Å². The standard InChI is InChI=1S/C20H23N3O4/c1-15-12-17(6-7-19(15)23(25)26)20(24)22-10-8-21(9-11-22)14-16-4-3-5-18(13-16)27-2/h3-7,12-13H,8-11,14H2,1-2H3. The van der Waals surface area contributed by atoms with Crippen LogP contribution in [0.25, 0.3) is 0 Å². The number of nitrogens with zero attached hydrogens (tertiary/aromatic N) is 3. The summed E-state index contributed by atoms with van der Waals surface area (Å²) in [4.78, 5) is 27.3. The van der Waals surface area contributed by atoms with Crippen molar-refractivity contribution < 1.29 is 14.5 Å². The van der Waals surface area contributed by atoms with Gasteiger partial charge in [0, 0.05) is 49.9 Å². The van der Waals surface area contributed by atoms with Gasteiger partial charge in [-0.05, 0) is 36.8 Å². The van der Waals surface area contributed by atoms with Crippen molar-refractivity contribution in [3.05, 3.63) is 69.3 Å². The number of hydrogen-bond donors (Lipinski definition) is 0. The minimum Gasteiger partial charge on any atom is -0.497 e. The quantitative estimate of drug-likeness (QED) is 0.598. The van der Waals surface area contributed by atoms with E-state index in [1.54, 1.807) is 20.1 Å². The van der Waals surface area contributed by atoms with Crippen molar-refractivity contribution in [1.82, 2.24) is 9.80 Å². The van der Waals surface area contributed by atoms with Gasteiger partial charge < -0.3 is 9.64 Å². The average Bonchev–Trinajstić information content (AvgIpc) is 2.68. The van der Waals surface area contributed by atoms with Gasteiger partial charge in [-0.1, -0.05) is 12.1 Å². The van der Waals surface area contributed by atoms with E-state index in [-0.39, 0.29) is 11.6 Å². The fourth-order valence-corrected chi connectivity index (χ4v) is 3.31. The number of nitro benzene ring substituents is 1. The third kappa shape index (κ3) is 4.43. The zero-order valence-electron chi connectivity index (χ0n) is 15.6. The number of ether oxygens (including phenoxy) is 1. The second kappa shape index (κ2) is 8.18. The Bertz CT molecular complexity index is 845. The maximum Gasteiger partial charge on any atom is 0.272 e. The summed E-state index contributed by atoms with van der Waals surface area (Å²) in [5.41, 5.74) is 2.22. The number of hydrogen-bond acceptors (Lipinski definition) is 5. The number of carbonyl (C=O) groups is 1. The fraction of sp³-hybridized carbons (Fsp3) is 0.350. The normalized spacial score (nSPS) is 14.8. The van der Waals surface area contributed by atoms with Crippen LogP contribution < -0.4 is 4.74 Å². The zero-order valence-corrected chi connectivity index (χ0v) is 15.6. The van der Waals surface area contributed by atoms with Gasteiger partial charge in [0.2, 0.25) is 0 Å². The molecular formula is C20H23N3O4. The van der Waals surface area contributed by atoms with E-state index < -0.39 is 4.92 Å². The van der Waals surface area contributed by atoms with Gasteiger partial charge in [-0.25, -0.2) is 0 Å². The molecule has 0 radical (unpaired) electrons. The molecule has 0 atom stereocenters. The lowest BCUT2D eigenvalue weighted by atomic mass is 10.1. The molecule has 1 saturated heterocycles. The molecule has 27 heavy (non-hydrogen) atoms. The molecule has 1 aliphatic rings. The Hall–Kier alpha value is -2.93. The van der Waals surface area contributed by atoms with Crippen molar-refractivity contribution >= 4 is 11.6 Å². The van der Waals surface area contributed by atoms with Crippen molar-refractivity contribution in [3.8, 4) is 5.75 Å². The highest BCUT2D eigenvalue weighted by Gasteiger charge is 2.23. The van der Waals surface area contributed by atoms with Gasteiger partial charge in [0.1, 0.15) is 5.75 Å². The van der Waals surface area contributed by atoms with Gasteiger partial charge >= 0.3 is 0 Å². The average molecular weight is 369 g/mol. The molecule has 0 unspecified atom stereocenters. The van der Waals surface area contributed by atoms with Gasteiger partial charge in [0.15, 0.2) is 0 Å². The molecule has 7 nitrogen and oxygen atoms in total. The van der Waals surface area contributed by atoms with Crippen LogP contribution in [0.3, 0.4) is 0 Å². The molecule has 7 heteroatoms. The van der Waals surface area contributed by atoms with Crippen LogP contribution in [-0.4, -0.2) is 53.9 Å². The largest absolute Gasteiger partial charge is 0.497 e. The topological polar surface area (TPSA) is 75.9 Å². The SMILES string of the molecule is COc1cccc(CN2CCN(C(=O)c3ccc([N+](=O)[O-])c(C)c3)CC2)c1. The molecule has 0 bridgehead atoms. The fourth-order valence-electron chi connectivity index (χ4n) is 3.31. The van der Waals surface area contributed by atoms with Crippen LogP contribution in [0, 0.1) is 17.0 Å². The number of amides is 1. The van der Waals surface area contributed by atoms with E-state index in [9.17, 15) is 14.9 Å². The predicted octanol–water partition coefficient (Wildman–Crippen LogP) is 2.87. The molecule has 1 amide bonds. The van der Waals surface area contributed by atoms with Gasteiger partial charge in [-0.15, -0.1) is 0 Å². The highest BCUT2D eigenvalue weighted by Crippen LogP contribution is 2.21. The summed E-state index contributed by atoms with van der Waals surface area (Å²) in [7, 11) is 1.66. The smallest absolute Gasteiger partial charge is 0.272 e. The van der Waals surface area contributed by atoms with E-state index in [1.807, 2.05) is 23.1 Å². The molecule has 2 aromatic rings. The molecule has 1 fully saturated rings. The molecule has 0 saturated carbocycles. The Morgan fingerprint density at radius 1 is 1.15 bits per heavy atom. The number of rotatable bonds is 5. The predicted molar refractivity (Wildman–Crippen MR) is 102 cm³/mol. The van der Waals surface area contributed by atoms with Crippen LogP contribution >= 0.6 is 0 Å². The Balaban J connectivity index is 1.59. The Labute approximate surface area is 158 Å². The Kier molecular flexibility index (Phi) is 5.71. The first-order valence-electron chi connectivity index (χ1n) is 8.87. The minimum absolute atomic E-state index is 0.0367. The maximum atomic E-state index is 12.7. The zero-order chi connectivity index (χ0) is 19.4. The number of nitro groups is 1. The first kappa shape index (κ1) is 18.8. The summed E-state index contributed by atoms with van der Waals surface area (Å²) in [6, 6.07) is 12.5. The summed E-state index contributed by atoms with van der Waals surface area (Å²) in [5.74, 6) is 0.767. The lowest BCUT2D eigenvalue weighted by Gasteiger charge is -2.34. The number of aryl methyl sites for hydroxylation is 1. The second-order valence-electron chi connectivity index (χ2n) is 6.68. The molecule has 0 aliphatic carbocycles. The van der Waals surface area contributed by atoms with Gasteiger partial charge in [0.25, 0.3) is 11.6 Å². The van der Waals surface area contributed by atoms with Crippen LogP contribution in [0.2, 0.25) is 0 Å². The highest BCUT2D eigenvalue weighted by atomic mass is 16.6. The third-order valence-electron chi connectivity index (χ3n) is 4.84. The number of methoxy groups -OCH3 is 1. The first-order chi connectivity index (χ1) is 13.0. The van der Waals surface area contributed by atoms with Crippen molar-refractivity contribution in [1.29, 1.82) is 0 Å². The number of carbonyl (C=O) groups excluding carboxylic acids is 1. The summed E-state index contributed by atoms with van der Waals surface area (Å²) >= 11 is 0. The van der Waals surface area contributed by atoms with E-state index >= 15 is 0 Å². The lowest BCUT2D eigenvalue weighted by Crippen LogP contribution is -2.48. The van der Waals surface area contributed by atoms with Gasteiger partial charge in [0.05, 0.1) is 12.0 Å². The maximum absolute atomic E-state index is 12.7. The van der Waals surface area contributed by atoms with E-state index in [1.165, 1.54) is 17.7 Å². The molecule has 1 heterocycles. The van der Waals surface area contributed by atoms with E-state index in [0.29, 0.717) is 24.2 Å². The summed E-state index contributed by atoms with van der Waals surface area (Å²) in [5, 5.41) is 10.9. The molecule has 1 aliphatic heterocycles. The third-order valence-corrected chi connectivity index (χ3v) is 4.84. The van der Waals surface area contributed by atoms with E-state index in [0.717, 1.165) is 25.4 Å². The van der Waals surface area contributed by atoms with Crippen molar-refractivity contribution in [2.45, 2.75) is 13.5 Å². The summed E-state index contributed by atoms with van der Waals surface area (Å²) < 4.78 is 5.26. The van der Waals surface area contributed by atoms with E-state index in [2.05, 4.69) is 11.0 Å². The number of piperazine rings is 1. The molecule has 2 aromatic carbocycles. The Morgan fingerprint density at radius 2 is 1.89 bits per heavy atom. The molecule has 0 spiro atoms. The van der Waals surface area contributed by atoms with Crippen LogP contribution in [0.1, 0.15) is 21.5 Å². The van der Waals surface area contributed by atoms with Crippen molar-refractivity contribution in [3.63, 3.8) is 0 Å². The van der Waals surface area contributed by atoms with Gasteiger partial charge in [-0.3, -0.25) is 19.8 Å². The van der Waals surface area contributed by atoms with Gasteiger partial charge in [-0.2, -0.15) is 0 Å². The van der Waals surface area contributed by atoms with Crippen molar-refractivity contribution in [2.24, 2.45) is 0 Å². The second-order valence-corrected chi connectivity index (χ2v) is 6.68. The molecule has 142 valence electrons. The van der Waals surface area contributed by atoms with Crippen LogP contribution in [-0.2, 0) is 6.54 Å². The first-order valence-corrected chi connectivity index (χ1v) is 8.87. The van der Waals surface area contributed by atoms with Crippen LogP contribution in [0.4, 0.5) is 5.69 Å². The molecule has 0 aromatic heterocycles. The highest BCUT2D eigenvalue weighted by molar-refractivity contribution is 5.94. The van der Waals surface area contributed by atoms with E-state index in [4.69, 9.17) is 4.74 Å².